The Hall–Kier alpha value is -5.37. The molecule has 0 saturated heterocycles. The van der Waals surface area contributed by atoms with Gasteiger partial charge in [-0.2, -0.15) is 0 Å². The summed E-state index contributed by atoms with van der Waals surface area (Å²) in [6.07, 6.45) is 50.7. The summed E-state index contributed by atoms with van der Waals surface area (Å²) in [7, 11) is 0. The maximum atomic E-state index is 14.1. The second-order valence-corrected chi connectivity index (χ2v) is 26.8. The maximum Gasteiger partial charge on any atom is 0.338 e. The van der Waals surface area contributed by atoms with Crippen LogP contribution in [0.4, 0.5) is 0 Å². The van der Waals surface area contributed by atoms with E-state index in [2.05, 4.69) is 39.8 Å². The number of esters is 1. The molecule has 0 fully saturated rings. The quantitative estimate of drug-likeness (QED) is 0.0308. The molecule has 548 valence electrons. The number of carbonyl (C=O) groups excluding carboxylic acids is 1. The smallest absolute Gasteiger partial charge is 0.338 e. The van der Waals surface area contributed by atoms with Crippen LogP contribution in [0.2, 0.25) is 0 Å². The first-order chi connectivity index (χ1) is 48.0. The van der Waals surface area contributed by atoms with Crippen molar-refractivity contribution >= 4 is 5.97 Å². The number of hydrogen-bond donors (Lipinski definition) is 0. The minimum atomic E-state index is -0.512. The lowest BCUT2D eigenvalue weighted by Crippen LogP contribution is -2.13. The molecule has 1 aliphatic rings. The Bertz CT molecular complexity index is 2530. The van der Waals surface area contributed by atoms with Crippen molar-refractivity contribution in [2.75, 3.05) is 79.3 Å². The van der Waals surface area contributed by atoms with Gasteiger partial charge in [0.2, 0.25) is 0 Å². The van der Waals surface area contributed by atoms with E-state index >= 15 is 0 Å². The molecule has 4 aromatic carbocycles. The van der Waals surface area contributed by atoms with E-state index in [9.17, 15) is 4.79 Å². The predicted octanol–water partition coefficient (Wildman–Crippen LogP) is 23.2. The second kappa shape index (κ2) is 57.4. The molecule has 13 heteroatoms. The fraction of sp³-hybridized carbons (Fsp3) is 0.702. The van der Waals surface area contributed by atoms with Crippen molar-refractivity contribution in [3.05, 3.63) is 95.1 Å². The molecule has 5 rings (SSSR count). The Balaban J connectivity index is 1.31. The van der Waals surface area contributed by atoms with Crippen molar-refractivity contribution in [2.45, 2.75) is 304 Å². The zero-order chi connectivity index (χ0) is 68.4. The molecular formula is C84H134O13. The predicted molar refractivity (Wildman–Crippen MR) is 396 cm³/mol. The number of rotatable bonds is 57. The number of ether oxygens (including phenoxy) is 12. The lowest BCUT2D eigenvalue weighted by atomic mass is 10.1. The molecule has 0 radical (unpaired) electrons. The van der Waals surface area contributed by atoms with Gasteiger partial charge >= 0.3 is 5.97 Å². The normalized spacial score (nSPS) is 13.0. The summed E-state index contributed by atoms with van der Waals surface area (Å²) in [6, 6.07) is 23.0. The molecule has 4 aromatic rings. The Kier molecular flexibility index (Phi) is 48.7. The average Bonchev–Trinajstić information content (AvgIpc) is 1.09. The highest BCUT2D eigenvalue weighted by Crippen LogP contribution is 2.36. The molecule has 1 aliphatic heterocycles. The van der Waals surface area contributed by atoms with E-state index in [1.807, 2.05) is 42.5 Å². The van der Waals surface area contributed by atoms with Crippen LogP contribution in [-0.2, 0) is 38.8 Å². The van der Waals surface area contributed by atoms with Gasteiger partial charge in [-0.3, -0.25) is 0 Å². The molecule has 0 aliphatic carbocycles. The van der Waals surface area contributed by atoms with Crippen molar-refractivity contribution < 1.29 is 61.6 Å². The molecule has 13 nitrogen and oxygen atoms in total. The topological polar surface area (TPSA) is 128 Å². The van der Waals surface area contributed by atoms with Crippen molar-refractivity contribution in [2.24, 2.45) is 0 Å². The third kappa shape index (κ3) is 39.9. The first kappa shape index (κ1) is 82.3. The first-order valence-corrected chi connectivity index (χ1v) is 39.5. The summed E-state index contributed by atoms with van der Waals surface area (Å²) in [5, 5.41) is 0. The minimum absolute atomic E-state index is 0.00105. The summed E-state index contributed by atoms with van der Waals surface area (Å²) in [6.45, 7) is 15.4. The van der Waals surface area contributed by atoms with Crippen LogP contribution in [0.15, 0.2) is 72.8 Å². The Morgan fingerprint density at radius 2 is 0.567 bits per heavy atom. The highest BCUT2D eigenvalue weighted by atomic mass is 16.6. The summed E-state index contributed by atoms with van der Waals surface area (Å²) in [5.74, 6) is 4.46. The van der Waals surface area contributed by atoms with Crippen molar-refractivity contribution in [3.8, 4) is 46.0 Å². The van der Waals surface area contributed by atoms with Gasteiger partial charge in [0.25, 0.3) is 0 Å². The van der Waals surface area contributed by atoms with E-state index in [4.69, 9.17) is 56.8 Å². The van der Waals surface area contributed by atoms with Gasteiger partial charge in [0, 0.05) is 0 Å². The van der Waals surface area contributed by atoms with Gasteiger partial charge in [0.15, 0.2) is 46.0 Å². The van der Waals surface area contributed by atoms with Gasteiger partial charge in [0.05, 0.1) is 71.6 Å². The Morgan fingerprint density at radius 1 is 0.278 bits per heavy atom. The van der Waals surface area contributed by atoms with Gasteiger partial charge in [-0.25, -0.2) is 4.79 Å². The van der Waals surface area contributed by atoms with E-state index in [1.54, 1.807) is 18.2 Å². The summed E-state index contributed by atoms with van der Waals surface area (Å²) in [4.78, 5) is 14.1. The van der Waals surface area contributed by atoms with Gasteiger partial charge in [-0.1, -0.05) is 277 Å². The highest BCUT2D eigenvalue weighted by molar-refractivity contribution is 5.90. The van der Waals surface area contributed by atoms with Crippen LogP contribution in [0.3, 0.4) is 0 Å². The zero-order valence-corrected chi connectivity index (χ0v) is 61.6. The lowest BCUT2D eigenvalue weighted by molar-refractivity contribution is 0.00708. The summed E-state index contributed by atoms with van der Waals surface area (Å²) in [5.41, 5.74) is 2.88. The van der Waals surface area contributed by atoms with Crippen molar-refractivity contribution in [1.82, 2.24) is 0 Å². The highest BCUT2D eigenvalue weighted by Gasteiger charge is 2.18. The fourth-order valence-electron chi connectivity index (χ4n) is 12.1. The fourth-order valence-corrected chi connectivity index (χ4v) is 12.1. The molecular weight excluding hydrogens is 1220 g/mol. The monoisotopic (exact) mass is 1350 g/mol. The first-order valence-electron chi connectivity index (χ1n) is 39.5. The second-order valence-electron chi connectivity index (χ2n) is 26.8. The van der Waals surface area contributed by atoms with Crippen LogP contribution < -0.4 is 37.9 Å². The molecule has 0 atom stereocenters. The van der Waals surface area contributed by atoms with Crippen LogP contribution in [-0.4, -0.2) is 85.3 Å². The molecule has 0 unspecified atom stereocenters. The van der Waals surface area contributed by atoms with Gasteiger partial charge in [0.1, 0.15) is 33.0 Å². The standard InChI is InChI=1S/C84H134O13/c1-5-9-13-17-21-25-29-33-37-41-53-89-76-49-45-72(65-80(76)91-55-43-39-35-31-27-23-19-15-11-7-3)69-95-79-52-48-75(84(85)97-71-74-47-51-78-82(67-74)94-64-62-88-60-58-86-57-59-87-61-63-93-78)68-83(79)96-70-73-46-50-77(90-54-42-38-34-30-26-22-18-14-10-6-2)81(66-73)92-56-44-40-36-32-28-24-20-16-12-8-4/h45-52,65-68H,5-44,53-64,69-71H2,1-4H3. The number of unbranched alkanes of at least 4 members (excludes halogenated alkanes) is 36. The van der Waals surface area contributed by atoms with Crippen LogP contribution in [0, 0.1) is 0 Å². The van der Waals surface area contributed by atoms with Crippen LogP contribution in [0.25, 0.3) is 0 Å². The molecule has 1 heterocycles. The molecule has 0 amide bonds. The van der Waals surface area contributed by atoms with Crippen molar-refractivity contribution in [3.63, 3.8) is 0 Å². The maximum absolute atomic E-state index is 14.1. The van der Waals surface area contributed by atoms with E-state index < -0.39 is 5.97 Å². The number of hydrogen-bond acceptors (Lipinski definition) is 13. The SMILES string of the molecule is CCCCCCCCCCCCOc1ccc(COc2ccc(C(=O)OCc3ccc4c(c3)OCCOCCOCCOCCO4)cc2OCc2ccc(OCCCCCCCCCCCC)c(OCCCCCCCCCCCC)c2)cc1OCCCCCCCCCCCC. The average molecular weight is 1350 g/mol. The summed E-state index contributed by atoms with van der Waals surface area (Å²) < 4.78 is 74.6. The number of fused-ring (bicyclic) bond motifs is 1. The third-order valence-corrected chi connectivity index (χ3v) is 18.1. The lowest BCUT2D eigenvalue weighted by Gasteiger charge is -2.17. The summed E-state index contributed by atoms with van der Waals surface area (Å²) >= 11 is 0. The molecule has 0 N–H and O–H groups in total. The van der Waals surface area contributed by atoms with E-state index in [0.29, 0.717) is 108 Å². The van der Waals surface area contributed by atoms with E-state index in [0.717, 1.165) is 91.1 Å². The van der Waals surface area contributed by atoms with Crippen LogP contribution >= 0.6 is 0 Å². The molecule has 0 saturated carbocycles. The largest absolute Gasteiger partial charge is 0.490 e. The minimum Gasteiger partial charge on any atom is -0.490 e. The number of benzene rings is 4. The van der Waals surface area contributed by atoms with Gasteiger partial charge in [-0.05, 0) is 97.0 Å². The Labute approximate surface area is 589 Å². The zero-order valence-electron chi connectivity index (χ0n) is 61.6. The molecule has 0 spiro atoms. The van der Waals surface area contributed by atoms with Gasteiger partial charge < -0.3 is 56.8 Å². The molecule has 0 bridgehead atoms. The van der Waals surface area contributed by atoms with Crippen LogP contribution in [0.1, 0.15) is 312 Å². The van der Waals surface area contributed by atoms with Gasteiger partial charge in [-0.15, -0.1) is 0 Å². The van der Waals surface area contributed by atoms with E-state index in [-0.39, 0.29) is 19.8 Å². The number of carbonyl (C=O) groups is 1. The van der Waals surface area contributed by atoms with E-state index in [1.165, 1.54) is 205 Å². The molecule has 0 aromatic heterocycles. The van der Waals surface area contributed by atoms with Crippen LogP contribution in [0.5, 0.6) is 46.0 Å². The van der Waals surface area contributed by atoms with Crippen molar-refractivity contribution in [1.29, 1.82) is 0 Å². The molecule has 97 heavy (non-hydrogen) atoms. The Morgan fingerprint density at radius 3 is 0.959 bits per heavy atom. The third-order valence-electron chi connectivity index (χ3n) is 18.1.